The largest absolute Gasteiger partial charge is 0.354 e. The van der Waals surface area contributed by atoms with Crippen molar-refractivity contribution in [2.75, 3.05) is 18.0 Å². The summed E-state index contributed by atoms with van der Waals surface area (Å²) in [5, 5.41) is 9.26. The van der Waals surface area contributed by atoms with Crippen LogP contribution in [0.15, 0.2) is 48.5 Å². The Morgan fingerprint density at radius 3 is 2.54 bits per heavy atom. The van der Waals surface area contributed by atoms with E-state index in [0.29, 0.717) is 17.4 Å². The topological polar surface area (TPSA) is 52.8 Å². The average Bonchev–Trinajstić information content (AvgIpc) is 3.17. The van der Waals surface area contributed by atoms with Gasteiger partial charge in [0.2, 0.25) is 0 Å². The van der Waals surface area contributed by atoms with E-state index in [0.717, 1.165) is 41.2 Å². The molecule has 1 aliphatic heterocycles. The van der Waals surface area contributed by atoms with Gasteiger partial charge in [0, 0.05) is 18.7 Å². The van der Waals surface area contributed by atoms with Crippen LogP contribution in [0.2, 0.25) is 0 Å². The lowest BCUT2D eigenvalue weighted by Crippen LogP contribution is -2.23. The fourth-order valence-electron chi connectivity index (χ4n) is 3.66. The highest BCUT2D eigenvalue weighted by Crippen LogP contribution is 2.34. The molecule has 130 valence electrons. The molecular formula is C22H22N4. The van der Waals surface area contributed by atoms with Gasteiger partial charge in [0.1, 0.15) is 5.69 Å². The molecule has 1 aromatic heterocycles. The molecule has 3 aromatic rings. The first-order valence-corrected chi connectivity index (χ1v) is 9.18. The van der Waals surface area contributed by atoms with Crippen molar-refractivity contribution in [2.45, 2.75) is 20.3 Å². The monoisotopic (exact) mass is 342 g/mol. The number of aromatic nitrogens is 2. The summed E-state index contributed by atoms with van der Waals surface area (Å²) in [4.78, 5) is 12.2. The lowest BCUT2D eigenvalue weighted by molar-refractivity contribution is 0.422. The third kappa shape index (κ3) is 3.01. The first-order chi connectivity index (χ1) is 12.7. The van der Waals surface area contributed by atoms with Crippen molar-refractivity contribution in [3.05, 3.63) is 54.1 Å². The molecule has 26 heavy (non-hydrogen) atoms. The van der Waals surface area contributed by atoms with Gasteiger partial charge in [-0.25, -0.2) is 9.97 Å². The van der Waals surface area contributed by atoms with E-state index < -0.39 is 0 Å². The van der Waals surface area contributed by atoms with Crippen LogP contribution in [0.3, 0.4) is 0 Å². The summed E-state index contributed by atoms with van der Waals surface area (Å²) in [5.41, 5.74) is 4.25. The summed E-state index contributed by atoms with van der Waals surface area (Å²) in [5.74, 6) is 2.28. The highest BCUT2D eigenvalue weighted by Gasteiger charge is 2.28. The Balaban J connectivity index is 1.86. The van der Waals surface area contributed by atoms with Gasteiger partial charge in [0.05, 0.1) is 22.7 Å². The smallest absolute Gasteiger partial charge is 0.155 e. The Labute approximate surface area is 154 Å². The molecule has 2 aromatic carbocycles. The van der Waals surface area contributed by atoms with Crippen molar-refractivity contribution in [3.8, 4) is 17.3 Å². The average molecular weight is 342 g/mol. The van der Waals surface area contributed by atoms with Crippen molar-refractivity contribution in [1.82, 2.24) is 9.97 Å². The van der Waals surface area contributed by atoms with E-state index in [4.69, 9.17) is 9.97 Å². The zero-order valence-corrected chi connectivity index (χ0v) is 15.2. The normalized spacial score (nSPS) is 17.0. The summed E-state index contributed by atoms with van der Waals surface area (Å²) in [6, 6.07) is 17.9. The maximum atomic E-state index is 9.26. The minimum absolute atomic E-state index is 0.643. The molecule has 0 radical (unpaired) electrons. The van der Waals surface area contributed by atoms with E-state index in [9.17, 15) is 5.26 Å². The van der Waals surface area contributed by atoms with Gasteiger partial charge in [0.25, 0.3) is 0 Å². The minimum Gasteiger partial charge on any atom is -0.354 e. The van der Waals surface area contributed by atoms with Gasteiger partial charge in [-0.15, -0.1) is 0 Å². The summed E-state index contributed by atoms with van der Waals surface area (Å²) in [6.07, 6.45) is 1.18. The molecule has 0 aliphatic carbocycles. The van der Waals surface area contributed by atoms with Gasteiger partial charge < -0.3 is 4.90 Å². The molecule has 0 bridgehead atoms. The first-order valence-electron chi connectivity index (χ1n) is 9.18. The first kappa shape index (κ1) is 16.5. The van der Waals surface area contributed by atoms with Crippen molar-refractivity contribution < 1.29 is 0 Å². The molecule has 1 saturated heterocycles. The highest BCUT2D eigenvalue weighted by molar-refractivity contribution is 5.84. The molecule has 4 rings (SSSR count). The van der Waals surface area contributed by atoms with Gasteiger partial charge in [-0.1, -0.05) is 38.1 Å². The Morgan fingerprint density at radius 1 is 1.08 bits per heavy atom. The number of hydrogen-bond acceptors (Lipinski definition) is 4. The molecular weight excluding hydrogens is 320 g/mol. The van der Waals surface area contributed by atoms with Crippen LogP contribution in [-0.2, 0) is 0 Å². The zero-order valence-electron chi connectivity index (χ0n) is 15.2. The Bertz CT molecular complexity index is 987. The van der Waals surface area contributed by atoms with E-state index in [1.807, 2.05) is 48.5 Å². The number of nitriles is 1. The molecule has 1 aliphatic rings. The molecule has 4 heteroatoms. The van der Waals surface area contributed by atoms with E-state index in [1.165, 1.54) is 6.42 Å². The van der Waals surface area contributed by atoms with E-state index >= 15 is 0 Å². The number of nitrogens with zero attached hydrogens (tertiary/aromatic N) is 4. The maximum absolute atomic E-state index is 9.26. The fourth-order valence-corrected chi connectivity index (χ4v) is 3.66. The number of fused-ring (bicyclic) bond motifs is 1. The van der Waals surface area contributed by atoms with E-state index in [1.54, 1.807) is 0 Å². The molecule has 0 spiro atoms. The Hall–Kier alpha value is -2.93. The lowest BCUT2D eigenvalue weighted by atomic mass is 9.95. The summed E-state index contributed by atoms with van der Waals surface area (Å²) in [6.45, 7) is 6.59. The fraction of sp³-hybridized carbons (Fsp3) is 0.318. The van der Waals surface area contributed by atoms with Crippen molar-refractivity contribution in [2.24, 2.45) is 11.8 Å². The molecule has 0 saturated carbocycles. The predicted octanol–water partition coefficient (Wildman–Crippen LogP) is 4.65. The van der Waals surface area contributed by atoms with Gasteiger partial charge in [0.15, 0.2) is 5.82 Å². The standard InChI is InChI=1S/C22H22N4/c1-15(2)18-10-11-26(14-18)22-21(17-7-5-6-16(12-17)13-23)24-19-8-3-4-9-20(19)25-22/h3-9,12,15,18H,10-11,14H2,1-2H3. The summed E-state index contributed by atoms with van der Waals surface area (Å²) >= 11 is 0. The van der Waals surface area contributed by atoms with Crippen LogP contribution >= 0.6 is 0 Å². The van der Waals surface area contributed by atoms with Crippen molar-refractivity contribution in [3.63, 3.8) is 0 Å². The van der Waals surface area contributed by atoms with Crippen LogP contribution in [-0.4, -0.2) is 23.1 Å². The number of anilines is 1. The number of hydrogen-bond donors (Lipinski definition) is 0. The van der Waals surface area contributed by atoms with E-state index in [2.05, 4.69) is 24.8 Å². The van der Waals surface area contributed by atoms with Crippen LogP contribution in [0, 0.1) is 23.2 Å². The molecule has 0 amide bonds. The van der Waals surface area contributed by atoms with Crippen LogP contribution in [0.5, 0.6) is 0 Å². The lowest BCUT2D eigenvalue weighted by Gasteiger charge is -2.22. The second-order valence-corrected chi connectivity index (χ2v) is 7.32. The third-order valence-corrected chi connectivity index (χ3v) is 5.28. The zero-order chi connectivity index (χ0) is 18.1. The van der Waals surface area contributed by atoms with Crippen LogP contribution in [0.4, 0.5) is 5.82 Å². The van der Waals surface area contributed by atoms with Gasteiger partial charge in [-0.05, 0) is 42.5 Å². The molecule has 0 N–H and O–H groups in total. The third-order valence-electron chi connectivity index (χ3n) is 5.28. The quantitative estimate of drug-likeness (QED) is 0.695. The molecule has 2 heterocycles. The molecule has 1 fully saturated rings. The number of rotatable bonds is 3. The minimum atomic E-state index is 0.643. The van der Waals surface area contributed by atoms with Crippen LogP contribution in [0.25, 0.3) is 22.3 Å². The predicted molar refractivity (Wildman–Crippen MR) is 105 cm³/mol. The van der Waals surface area contributed by atoms with Crippen LogP contribution in [0.1, 0.15) is 25.8 Å². The Morgan fingerprint density at radius 2 is 1.85 bits per heavy atom. The Kier molecular flexibility index (Phi) is 4.30. The second-order valence-electron chi connectivity index (χ2n) is 7.32. The molecule has 1 unspecified atom stereocenters. The maximum Gasteiger partial charge on any atom is 0.155 e. The van der Waals surface area contributed by atoms with E-state index in [-0.39, 0.29) is 0 Å². The molecule has 4 nitrogen and oxygen atoms in total. The van der Waals surface area contributed by atoms with Gasteiger partial charge >= 0.3 is 0 Å². The number of para-hydroxylation sites is 2. The van der Waals surface area contributed by atoms with Crippen molar-refractivity contribution >= 4 is 16.9 Å². The summed E-state index contributed by atoms with van der Waals surface area (Å²) in [7, 11) is 0. The van der Waals surface area contributed by atoms with Crippen LogP contribution < -0.4 is 4.90 Å². The van der Waals surface area contributed by atoms with Gasteiger partial charge in [-0.2, -0.15) is 5.26 Å². The SMILES string of the molecule is CC(C)C1CCN(c2nc3ccccc3nc2-c2cccc(C#N)c2)C1. The van der Waals surface area contributed by atoms with Crippen molar-refractivity contribution in [1.29, 1.82) is 5.26 Å². The highest BCUT2D eigenvalue weighted by atomic mass is 15.2. The summed E-state index contributed by atoms with van der Waals surface area (Å²) < 4.78 is 0. The number of benzene rings is 2. The second kappa shape index (κ2) is 6.76. The molecule has 1 atom stereocenters. The van der Waals surface area contributed by atoms with Gasteiger partial charge in [-0.3, -0.25) is 0 Å².